The summed E-state index contributed by atoms with van der Waals surface area (Å²) in [5.41, 5.74) is 0.555. The first kappa shape index (κ1) is 17.4. The lowest BCUT2D eigenvalue weighted by molar-refractivity contribution is 0.149. The van der Waals surface area contributed by atoms with E-state index in [0.29, 0.717) is 10.6 Å². The third-order valence-corrected chi connectivity index (χ3v) is 5.01. The normalized spacial score (nSPS) is 13.1. The summed E-state index contributed by atoms with van der Waals surface area (Å²) < 4.78 is 0. The fourth-order valence-corrected chi connectivity index (χ4v) is 3.32. The quantitative estimate of drug-likeness (QED) is 0.409. The minimum Gasteiger partial charge on any atom is -0.131 e. The Morgan fingerprint density at radius 1 is 0.706 bits per heavy atom. The zero-order valence-corrected chi connectivity index (χ0v) is 14.1. The maximum Gasteiger partial charge on any atom is -0.0150 e. The van der Waals surface area contributed by atoms with Gasteiger partial charge in [-0.05, 0) is 29.8 Å². The molecule has 0 amide bonds. The highest BCUT2D eigenvalue weighted by Gasteiger charge is 2.39. The van der Waals surface area contributed by atoms with Crippen LogP contribution in [0.2, 0.25) is 0 Å². The van der Waals surface area contributed by atoms with Gasteiger partial charge in [-0.15, -0.1) is 9.24 Å². The molecule has 104 valence electrons. The van der Waals surface area contributed by atoms with Gasteiger partial charge in [-0.1, -0.05) is 73.1 Å². The number of unbranched alkanes of at least 4 members (excludes halogenated alkanes) is 3. The SMILES string of the molecule is CCCCC(CCCC)(CCCC)C(C)(C)P. The van der Waals surface area contributed by atoms with Gasteiger partial charge in [0.15, 0.2) is 0 Å². The number of rotatable bonds is 10. The van der Waals surface area contributed by atoms with Crippen molar-refractivity contribution in [1.82, 2.24) is 0 Å². The molecule has 0 aromatic carbocycles. The molecule has 0 nitrogen and oxygen atoms in total. The summed E-state index contributed by atoms with van der Waals surface area (Å²) in [6.45, 7) is 11.8. The van der Waals surface area contributed by atoms with Crippen LogP contribution >= 0.6 is 9.24 Å². The van der Waals surface area contributed by atoms with Crippen molar-refractivity contribution in [3.05, 3.63) is 0 Å². The van der Waals surface area contributed by atoms with Gasteiger partial charge in [0.05, 0.1) is 0 Å². The second kappa shape index (κ2) is 8.52. The Balaban J connectivity index is 4.78. The van der Waals surface area contributed by atoms with E-state index in [-0.39, 0.29) is 0 Å². The second-order valence-electron chi connectivity index (χ2n) is 6.31. The minimum atomic E-state index is 0.381. The smallest absolute Gasteiger partial charge is 0.0150 e. The van der Waals surface area contributed by atoms with Gasteiger partial charge in [0.25, 0.3) is 0 Å². The molecule has 0 heterocycles. The molecule has 0 aliphatic heterocycles. The second-order valence-corrected chi connectivity index (χ2v) is 7.76. The van der Waals surface area contributed by atoms with Gasteiger partial charge in [0.1, 0.15) is 0 Å². The van der Waals surface area contributed by atoms with Gasteiger partial charge in [-0.2, -0.15) is 0 Å². The lowest BCUT2D eigenvalue weighted by atomic mass is 9.66. The van der Waals surface area contributed by atoms with Crippen molar-refractivity contribution in [2.45, 2.75) is 97.6 Å². The third-order valence-electron chi connectivity index (χ3n) is 4.39. The Labute approximate surface area is 113 Å². The van der Waals surface area contributed by atoms with Crippen LogP contribution in [0.1, 0.15) is 92.4 Å². The highest BCUT2D eigenvalue weighted by atomic mass is 31.0. The largest absolute Gasteiger partial charge is 0.131 e. The van der Waals surface area contributed by atoms with Crippen molar-refractivity contribution >= 4 is 9.24 Å². The van der Waals surface area contributed by atoms with Crippen molar-refractivity contribution in [3.63, 3.8) is 0 Å². The average Bonchev–Trinajstić information content (AvgIpc) is 2.27. The van der Waals surface area contributed by atoms with Crippen molar-refractivity contribution < 1.29 is 0 Å². The van der Waals surface area contributed by atoms with E-state index < -0.39 is 0 Å². The molecule has 1 heteroatoms. The molecule has 1 atom stereocenters. The van der Waals surface area contributed by atoms with E-state index in [1.165, 1.54) is 57.8 Å². The van der Waals surface area contributed by atoms with Crippen LogP contribution in [0, 0.1) is 5.41 Å². The fraction of sp³-hybridized carbons (Fsp3) is 1.00. The highest BCUT2D eigenvalue weighted by Crippen LogP contribution is 2.50. The summed E-state index contributed by atoms with van der Waals surface area (Å²) in [7, 11) is 3.14. The van der Waals surface area contributed by atoms with Crippen LogP contribution in [-0.4, -0.2) is 5.16 Å². The molecule has 0 fully saturated rings. The molecule has 0 rings (SSSR count). The van der Waals surface area contributed by atoms with Crippen LogP contribution in [0.5, 0.6) is 0 Å². The molecular weight excluding hydrogens is 223 g/mol. The Morgan fingerprint density at radius 2 is 1.00 bits per heavy atom. The Bertz CT molecular complexity index is 157. The van der Waals surface area contributed by atoms with Crippen LogP contribution in [0.4, 0.5) is 0 Å². The van der Waals surface area contributed by atoms with E-state index in [1.807, 2.05) is 0 Å². The Morgan fingerprint density at radius 3 is 1.18 bits per heavy atom. The van der Waals surface area contributed by atoms with Gasteiger partial charge < -0.3 is 0 Å². The maximum absolute atomic E-state index is 3.14. The van der Waals surface area contributed by atoms with Gasteiger partial charge in [-0.25, -0.2) is 0 Å². The molecule has 0 aromatic heterocycles. The van der Waals surface area contributed by atoms with Crippen molar-refractivity contribution in [2.75, 3.05) is 0 Å². The first-order valence-corrected chi connectivity index (χ1v) is 8.30. The molecule has 0 radical (unpaired) electrons. The molecular formula is C16H35P. The molecule has 17 heavy (non-hydrogen) atoms. The molecule has 0 saturated heterocycles. The molecule has 1 unspecified atom stereocenters. The van der Waals surface area contributed by atoms with Crippen LogP contribution < -0.4 is 0 Å². The summed E-state index contributed by atoms with van der Waals surface area (Å²) in [6, 6.07) is 0. The standard InChI is InChI=1S/C16H35P/c1-6-9-12-16(13-10-7-2,14-11-8-3)15(4,5)17/h6-14,17H2,1-5H3. The summed E-state index contributed by atoms with van der Waals surface area (Å²) >= 11 is 0. The van der Waals surface area contributed by atoms with E-state index >= 15 is 0 Å². The predicted molar refractivity (Wildman–Crippen MR) is 84.8 cm³/mol. The molecule has 0 N–H and O–H groups in total. The van der Waals surface area contributed by atoms with Gasteiger partial charge in [0.2, 0.25) is 0 Å². The van der Waals surface area contributed by atoms with Crippen LogP contribution in [0.3, 0.4) is 0 Å². The van der Waals surface area contributed by atoms with E-state index in [0.717, 1.165) is 0 Å². The monoisotopic (exact) mass is 258 g/mol. The third kappa shape index (κ3) is 5.73. The van der Waals surface area contributed by atoms with Crippen LogP contribution in [-0.2, 0) is 0 Å². The minimum absolute atomic E-state index is 0.381. The number of hydrogen-bond acceptors (Lipinski definition) is 0. The number of hydrogen-bond donors (Lipinski definition) is 0. The lowest BCUT2D eigenvalue weighted by Gasteiger charge is -2.46. The lowest BCUT2D eigenvalue weighted by Crippen LogP contribution is -2.39. The molecule has 0 aliphatic rings. The zero-order valence-electron chi connectivity index (χ0n) is 12.9. The molecule has 0 aliphatic carbocycles. The molecule has 0 saturated carbocycles. The zero-order chi connectivity index (χ0) is 13.4. The Kier molecular flexibility index (Phi) is 8.73. The molecule has 0 aromatic rings. The molecule has 0 bridgehead atoms. The highest BCUT2D eigenvalue weighted by molar-refractivity contribution is 7.18. The van der Waals surface area contributed by atoms with Crippen molar-refractivity contribution in [3.8, 4) is 0 Å². The van der Waals surface area contributed by atoms with E-state index in [4.69, 9.17) is 0 Å². The predicted octanol–water partition coefficient (Wildman–Crippen LogP) is 6.20. The first-order chi connectivity index (χ1) is 7.93. The summed E-state index contributed by atoms with van der Waals surface area (Å²) in [6.07, 6.45) is 12.4. The van der Waals surface area contributed by atoms with Crippen molar-refractivity contribution in [2.24, 2.45) is 5.41 Å². The van der Waals surface area contributed by atoms with Crippen LogP contribution in [0.15, 0.2) is 0 Å². The first-order valence-electron chi connectivity index (χ1n) is 7.72. The average molecular weight is 258 g/mol. The topological polar surface area (TPSA) is 0 Å². The summed E-state index contributed by atoms with van der Waals surface area (Å²) in [4.78, 5) is 0. The van der Waals surface area contributed by atoms with E-state index in [2.05, 4.69) is 43.9 Å². The molecule has 0 spiro atoms. The van der Waals surface area contributed by atoms with Crippen molar-refractivity contribution in [1.29, 1.82) is 0 Å². The van der Waals surface area contributed by atoms with Crippen LogP contribution in [0.25, 0.3) is 0 Å². The van der Waals surface area contributed by atoms with Gasteiger partial charge in [-0.3, -0.25) is 0 Å². The Hall–Kier alpha value is 0.430. The van der Waals surface area contributed by atoms with E-state index in [1.54, 1.807) is 0 Å². The fourth-order valence-electron chi connectivity index (χ4n) is 2.89. The maximum atomic E-state index is 3.14. The van der Waals surface area contributed by atoms with Gasteiger partial charge >= 0.3 is 0 Å². The van der Waals surface area contributed by atoms with Gasteiger partial charge in [0, 0.05) is 0 Å². The van der Waals surface area contributed by atoms with E-state index in [9.17, 15) is 0 Å². The summed E-state index contributed by atoms with van der Waals surface area (Å²) in [5, 5.41) is 0.381. The summed E-state index contributed by atoms with van der Waals surface area (Å²) in [5.74, 6) is 0.